The van der Waals surface area contributed by atoms with Crippen molar-refractivity contribution in [3.05, 3.63) is 0 Å². The molecule has 0 aromatic carbocycles. The third kappa shape index (κ3) is 5.50. The van der Waals surface area contributed by atoms with E-state index in [2.05, 4.69) is 18.7 Å². The molecular formula is C13H25NO3. The molecule has 0 aromatic rings. The lowest BCUT2D eigenvalue weighted by Gasteiger charge is -2.31. The third-order valence-corrected chi connectivity index (χ3v) is 3.04. The highest BCUT2D eigenvalue weighted by molar-refractivity contribution is 5.72. The molecule has 1 fully saturated rings. The second-order valence-electron chi connectivity index (χ2n) is 5.13. The Morgan fingerprint density at radius 2 is 2.24 bits per heavy atom. The Morgan fingerprint density at radius 3 is 2.88 bits per heavy atom. The Balaban J connectivity index is 2.18. The van der Waals surface area contributed by atoms with Crippen LogP contribution in [0.2, 0.25) is 0 Å². The summed E-state index contributed by atoms with van der Waals surface area (Å²) in [4.78, 5) is 13.7. The highest BCUT2D eigenvalue weighted by Crippen LogP contribution is 2.17. The molecule has 0 spiro atoms. The molecule has 0 radical (unpaired) electrons. The van der Waals surface area contributed by atoms with E-state index in [0.717, 1.165) is 45.7 Å². The van der Waals surface area contributed by atoms with Crippen LogP contribution in [0, 0.1) is 11.8 Å². The zero-order chi connectivity index (χ0) is 12.7. The van der Waals surface area contributed by atoms with Gasteiger partial charge >= 0.3 is 5.97 Å². The molecule has 4 heteroatoms. The van der Waals surface area contributed by atoms with E-state index >= 15 is 0 Å². The number of likely N-dealkylation sites (tertiary alicyclic amines) is 1. The van der Waals surface area contributed by atoms with Gasteiger partial charge in [0, 0.05) is 19.7 Å². The van der Waals surface area contributed by atoms with Crippen LogP contribution in [-0.4, -0.2) is 50.8 Å². The number of hydrogen-bond donors (Lipinski definition) is 0. The molecule has 1 saturated heterocycles. The largest absolute Gasteiger partial charge is 0.469 e. The summed E-state index contributed by atoms with van der Waals surface area (Å²) in [6.07, 6.45) is 2.03. The fourth-order valence-corrected chi connectivity index (χ4v) is 2.13. The van der Waals surface area contributed by atoms with Gasteiger partial charge in [0.25, 0.3) is 0 Å². The van der Waals surface area contributed by atoms with Crippen LogP contribution in [0.3, 0.4) is 0 Å². The Morgan fingerprint density at radius 1 is 1.47 bits per heavy atom. The van der Waals surface area contributed by atoms with Crippen LogP contribution in [0.5, 0.6) is 0 Å². The summed E-state index contributed by atoms with van der Waals surface area (Å²) in [5, 5.41) is 0. The molecule has 1 aliphatic heterocycles. The minimum atomic E-state index is -0.0715. The molecule has 17 heavy (non-hydrogen) atoms. The van der Waals surface area contributed by atoms with Crippen molar-refractivity contribution in [3.8, 4) is 0 Å². The van der Waals surface area contributed by atoms with Crippen LogP contribution in [-0.2, 0) is 14.3 Å². The molecule has 0 amide bonds. The summed E-state index contributed by atoms with van der Waals surface area (Å²) in [6.45, 7) is 8.67. The van der Waals surface area contributed by atoms with Crippen molar-refractivity contribution in [1.82, 2.24) is 4.90 Å². The lowest BCUT2D eigenvalue weighted by atomic mass is 9.98. The van der Waals surface area contributed by atoms with E-state index in [0.29, 0.717) is 5.92 Å². The summed E-state index contributed by atoms with van der Waals surface area (Å²) in [5.41, 5.74) is 0. The van der Waals surface area contributed by atoms with Gasteiger partial charge in [0.15, 0.2) is 0 Å². The molecule has 0 aromatic heterocycles. The van der Waals surface area contributed by atoms with Crippen LogP contribution in [0.1, 0.15) is 26.7 Å². The van der Waals surface area contributed by atoms with Gasteiger partial charge in [-0.05, 0) is 25.3 Å². The Kier molecular flexibility index (Phi) is 6.52. The van der Waals surface area contributed by atoms with Crippen LogP contribution < -0.4 is 0 Å². The molecule has 1 atom stereocenters. The fraction of sp³-hybridized carbons (Fsp3) is 0.923. The number of rotatable bonds is 6. The van der Waals surface area contributed by atoms with Crippen molar-refractivity contribution >= 4 is 5.97 Å². The van der Waals surface area contributed by atoms with Gasteiger partial charge in [0.05, 0.1) is 19.6 Å². The maximum Gasteiger partial charge on any atom is 0.309 e. The second kappa shape index (κ2) is 7.67. The molecule has 1 aliphatic rings. The first-order chi connectivity index (χ1) is 8.13. The first-order valence-electron chi connectivity index (χ1n) is 6.51. The van der Waals surface area contributed by atoms with Crippen molar-refractivity contribution in [2.45, 2.75) is 26.7 Å². The molecule has 0 saturated carbocycles. The maximum atomic E-state index is 11.5. The van der Waals surface area contributed by atoms with E-state index in [1.165, 1.54) is 7.11 Å². The predicted molar refractivity (Wildman–Crippen MR) is 66.8 cm³/mol. The third-order valence-electron chi connectivity index (χ3n) is 3.04. The monoisotopic (exact) mass is 243 g/mol. The minimum Gasteiger partial charge on any atom is -0.469 e. The topological polar surface area (TPSA) is 38.8 Å². The van der Waals surface area contributed by atoms with Crippen LogP contribution in [0.4, 0.5) is 0 Å². The number of nitrogens with zero attached hydrogens (tertiary/aromatic N) is 1. The number of hydrogen-bond acceptors (Lipinski definition) is 4. The van der Waals surface area contributed by atoms with Crippen molar-refractivity contribution in [3.63, 3.8) is 0 Å². The predicted octanol–water partition coefficient (Wildman–Crippen LogP) is 1.54. The van der Waals surface area contributed by atoms with E-state index in [1.807, 2.05) is 0 Å². The Labute approximate surface area is 104 Å². The smallest absolute Gasteiger partial charge is 0.309 e. The van der Waals surface area contributed by atoms with Gasteiger partial charge in [-0.15, -0.1) is 0 Å². The number of carbonyl (C=O) groups excluding carboxylic acids is 1. The molecule has 0 unspecified atom stereocenters. The Bertz CT molecular complexity index is 231. The van der Waals surface area contributed by atoms with Crippen molar-refractivity contribution in [2.24, 2.45) is 11.8 Å². The van der Waals surface area contributed by atoms with Crippen LogP contribution in [0.25, 0.3) is 0 Å². The normalized spacial score (nSPS) is 21.8. The van der Waals surface area contributed by atoms with E-state index in [4.69, 9.17) is 9.47 Å². The zero-order valence-electron chi connectivity index (χ0n) is 11.3. The van der Waals surface area contributed by atoms with Crippen molar-refractivity contribution < 1.29 is 14.3 Å². The van der Waals surface area contributed by atoms with Gasteiger partial charge in [0.2, 0.25) is 0 Å². The summed E-state index contributed by atoms with van der Waals surface area (Å²) >= 11 is 0. The number of ether oxygens (including phenoxy) is 2. The highest BCUT2D eigenvalue weighted by atomic mass is 16.5. The van der Waals surface area contributed by atoms with Gasteiger partial charge in [-0.2, -0.15) is 0 Å². The standard InChI is InChI=1S/C13H25NO3/c1-11(2)10-17-8-7-14-6-4-5-12(9-14)13(15)16-3/h11-12H,4-10H2,1-3H3/t12-/m0/s1. The molecule has 4 nitrogen and oxygen atoms in total. The van der Waals surface area contributed by atoms with Gasteiger partial charge in [0.1, 0.15) is 0 Å². The fourth-order valence-electron chi connectivity index (χ4n) is 2.13. The maximum absolute atomic E-state index is 11.5. The SMILES string of the molecule is COC(=O)[C@H]1CCCN(CCOCC(C)C)C1. The van der Waals surface area contributed by atoms with E-state index < -0.39 is 0 Å². The zero-order valence-corrected chi connectivity index (χ0v) is 11.3. The van der Waals surface area contributed by atoms with E-state index in [9.17, 15) is 4.79 Å². The Hall–Kier alpha value is -0.610. The summed E-state index contributed by atoms with van der Waals surface area (Å²) in [5.74, 6) is 0.566. The van der Waals surface area contributed by atoms with Crippen molar-refractivity contribution in [1.29, 1.82) is 0 Å². The molecule has 1 heterocycles. The molecule has 0 N–H and O–H groups in total. The van der Waals surface area contributed by atoms with Gasteiger partial charge < -0.3 is 14.4 Å². The van der Waals surface area contributed by atoms with E-state index in [1.54, 1.807) is 0 Å². The molecule has 1 rings (SSSR count). The quantitative estimate of drug-likeness (QED) is 0.524. The van der Waals surface area contributed by atoms with Gasteiger partial charge in [-0.25, -0.2) is 0 Å². The second-order valence-corrected chi connectivity index (χ2v) is 5.13. The molecular weight excluding hydrogens is 218 g/mol. The first-order valence-corrected chi connectivity index (χ1v) is 6.51. The lowest BCUT2D eigenvalue weighted by molar-refractivity contribution is -0.147. The number of methoxy groups -OCH3 is 1. The first kappa shape index (κ1) is 14.5. The summed E-state index contributed by atoms with van der Waals surface area (Å²) in [6, 6.07) is 0. The summed E-state index contributed by atoms with van der Waals surface area (Å²) < 4.78 is 10.4. The molecule has 0 bridgehead atoms. The minimum absolute atomic E-state index is 0.0545. The van der Waals surface area contributed by atoms with Gasteiger partial charge in [-0.3, -0.25) is 4.79 Å². The summed E-state index contributed by atoms with van der Waals surface area (Å²) in [7, 11) is 1.47. The molecule has 100 valence electrons. The lowest BCUT2D eigenvalue weighted by Crippen LogP contribution is -2.40. The number of piperidine rings is 1. The highest BCUT2D eigenvalue weighted by Gasteiger charge is 2.25. The number of carbonyl (C=O) groups is 1. The van der Waals surface area contributed by atoms with Gasteiger partial charge in [-0.1, -0.05) is 13.8 Å². The van der Waals surface area contributed by atoms with E-state index in [-0.39, 0.29) is 11.9 Å². The number of esters is 1. The molecule has 0 aliphatic carbocycles. The average molecular weight is 243 g/mol. The van der Waals surface area contributed by atoms with Crippen molar-refractivity contribution in [2.75, 3.05) is 40.0 Å². The average Bonchev–Trinajstić information content (AvgIpc) is 2.34. The van der Waals surface area contributed by atoms with Crippen LogP contribution >= 0.6 is 0 Å². The van der Waals surface area contributed by atoms with Crippen LogP contribution in [0.15, 0.2) is 0 Å².